The number of aromatic amines is 1. The van der Waals surface area contributed by atoms with E-state index in [1.165, 1.54) is 41.9 Å². The van der Waals surface area contributed by atoms with E-state index in [2.05, 4.69) is 20.6 Å². The van der Waals surface area contributed by atoms with Crippen LogP contribution in [0.25, 0.3) is 12.2 Å². The molecule has 0 aliphatic rings. The van der Waals surface area contributed by atoms with E-state index in [0.717, 1.165) is 9.55 Å². The SMILES string of the molecule is NS(=O)(=O)c1ccc(N=CNn2c(=S)[nH]nc(C=Cc3cccs3)c2=O)cc1. The fraction of sp³-hybridized carbons (Fsp3) is 0. The van der Waals surface area contributed by atoms with Crippen molar-refractivity contribution in [2.75, 3.05) is 5.43 Å². The summed E-state index contributed by atoms with van der Waals surface area (Å²) in [5.41, 5.74) is 2.84. The summed E-state index contributed by atoms with van der Waals surface area (Å²) in [6, 6.07) is 9.44. The maximum atomic E-state index is 12.5. The maximum absolute atomic E-state index is 12.5. The van der Waals surface area contributed by atoms with Crippen molar-refractivity contribution in [3.63, 3.8) is 0 Å². The molecule has 0 unspecified atom stereocenters. The van der Waals surface area contributed by atoms with E-state index < -0.39 is 15.6 Å². The molecule has 4 N–H and O–H groups in total. The number of rotatable bonds is 6. The zero-order valence-electron chi connectivity index (χ0n) is 14.1. The monoisotopic (exact) mass is 434 g/mol. The van der Waals surface area contributed by atoms with Gasteiger partial charge in [-0.05, 0) is 60.1 Å². The van der Waals surface area contributed by atoms with E-state index in [1.54, 1.807) is 12.2 Å². The van der Waals surface area contributed by atoms with Crippen molar-refractivity contribution < 1.29 is 8.42 Å². The van der Waals surface area contributed by atoms with Gasteiger partial charge in [0.1, 0.15) is 6.34 Å². The highest BCUT2D eigenvalue weighted by atomic mass is 32.2. The van der Waals surface area contributed by atoms with Crippen molar-refractivity contribution in [1.29, 1.82) is 0 Å². The summed E-state index contributed by atoms with van der Waals surface area (Å²) in [5.74, 6) is 0. The average molecular weight is 435 g/mol. The molecule has 0 spiro atoms. The van der Waals surface area contributed by atoms with E-state index in [-0.39, 0.29) is 15.4 Å². The standard InChI is InChI=1S/C16H14N6O3S3/c17-28(24,25)13-6-3-11(4-7-13)18-10-19-22-15(23)14(20-21-16(22)26)8-5-12-2-1-9-27-12/h1-10H,(H,18,19)(H,21,26)(H2,17,24,25). The molecule has 0 saturated carbocycles. The molecule has 28 heavy (non-hydrogen) atoms. The first-order valence-corrected chi connectivity index (χ1v) is 10.5. The molecule has 0 bridgehead atoms. The maximum Gasteiger partial charge on any atom is 0.299 e. The first-order chi connectivity index (χ1) is 13.3. The molecular formula is C16H14N6O3S3. The summed E-state index contributed by atoms with van der Waals surface area (Å²) < 4.78 is 23.6. The van der Waals surface area contributed by atoms with Crippen molar-refractivity contribution in [3.05, 3.63) is 67.5 Å². The van der Waals surface area contributed by atoms with Gasteiger partial charge < -0.3 is 0 Å². The van der Waals surface area contributed by atoms with Gasteiger partial charge >= 0.3 is 0 Å². The fourth-order valence-corrected chi connectivity index (χ4v) is 3.38. The number of primary sulfonamides is 1. The minimum absolute atomic E-state index is 0.0191. The van der Waals surface area contributed by atoms with Gasteiger partial charge in [0.2, 0.25) is 14.8 Å². The number of thiophene rings is 1. The van der Waals surface area contributed by atoms with Crippen LogP contribution in [0, 0.1) is 4.77 Å². The van der Waals surface area contributed by atoms with Crippen LogP contribution >= 0.6 is 23.6 Å². The van der Waals surface area contributed by atoms with Gasteiger partial charge in [0.25, 0.3) is 5.56 Å². The fourth-order valence-electron chi connectivity index (χ4n) is 2.07. The molecular weight excluding hydrogens is 420 g/mol. The molecule has 0 aliphatic carbocycles. The molecule has 12 heteroatoms. The summed E-state index contributed by atoms with van der Waals surface area (Å²) in [7, 11) is -3.76. The van der Waals surface area contributed by atoms with E-state index in [0.29, 0.717) is 5.69 Å². The number of H-pyrrole nitrogens is 1. The molecule has 0 aliphatic heterocycles. The lowest BCUT2D eigenvalue weighted by molar-refractivity contribution is 0.598. The van der Waals surface area contributed by atoms with Crippen LogP contribution in [0.5, 0.6) is 0 Å². The van der Waals surface area contributed by atoms with E-state index in [9.17, 15) is 13.2 Å². The van der Waals surface area contributed by atoms with Gasteiger partial charge in [0.05, 0.1) is 10.6 Å². The Labute approximate surface area is 168 Å². The number of hydrogen-bond acceptors (Lipinski definition) is 7. The third-order valence-electron chi connectivity index (χ3n) is 3.41. The Morgan fingerprint density at radius 1 is 1.25 bits per heavy atom. The number of nitrogens with one attached hydrogen (secondary N) is 2. The summed E-state index contributed by atoms with van der Waals surface area (Å²) in [6.07, 6.45) is 4.61. The molecule has 2 aromatic heterocycles. The van der Waals surface area contributed by atoms with Gasteiger partial charge in [0, 0.05) is 4.88 Å². The van der Waals surface area contributed by atoms with Crippen LogP contribution in [0.15, 0.2) is 56.5 Å². The highest BCUT2D eigenvalue weighted by molar-refractivity contribution is 7.89. The third kappa shape index (κ3) is 4.86. The quantitative estimate of drug-likeness (QED) is 0.309. The molecule has 144 valence electrons. The van der Waals surface area contributed by atoms with Gasteiger partial charge in [-0.3, -0.25) is 15.3 Å². The first-order valence-electron chi connectivity index (χ1n) is 7.70. The van der Waals surface area contributed by atoms with Crippen LogP contribution in [-0.4, -0.2) is 29.6 Å². The largest absolute Gasteiger partial charge is 0.299 e. The Morgan fingerprint density at radius 2 is 2.00 bits per heavy atom. The predicted molar refractivity (Wildman–Crippen MR) is 112 cm³/mol. The summed E-state index contributed by atoms with van der Waals surface area (Å²) in [5, 5.41) is 13.5. The molecule has 0 saturated heterocycles. The number of nitrogens with zero attached hydrogens (tertiary/aromatic N) is 3. The van der Waals surface area contributed by atoms with E-state index in [4.69, 9.17) is 17.4 Å². The average Bonchev–Trinajstić information content (AvgIpc) is 3.17. The molecule has 3 aromatic rings. The smallest absolute Gasteiger partial charge is 0.278 e. The highest BCUT2D eigenvalue weighted by Gasteiger charge is 2.06. The van der Waals surface area contributed by atoms with Crippen LogP contribution in [-0.2, 0) is 10.0 Å². The second-order valence-electron chi connectivity index (χ2n) is 5.33. The van der Waals surface area contributed by atoms with E-state index >= 15 is 0 Å². The third-order valence-corrected chi connectivity index (χ3v) is 5.45. The zero-order valence-corrected chi connectivity index (χ0v) is 16.6. The van der Waals surface area contributed by atoms with Crippen LogP contribution in [0.1, 0.15) is 10.6 Å². The van der Waals surface area contributed by atoms with Crippen LogP contribution in [0.4, 0.5) is 5.69 Å². The molecule has 3 rings (SSSR count). The number of sulfonamides is 1. The number of aromatic nitrogens is 3. The Bertz CT molecular complexity index is 1240. The predicted octanol–water partition coefficient (Wildman–Crippen LogP) is 2.08. The van der Waals surface area contributed by atoms with Gasteiger partial charge in [-0.1, -0.05) is 6.07 Å². The molecule has 9 nitrogen and oxygen atoms in total. The summed E-state index contributed by atoms with van der Waals surface area (Å²) in [4.78, 5) is 17.6. The molecule has 2 heterocycles. The zero-order chi connectivity index (χ0) is 20.1. The normalized spacial score (nSPS) is 12.0. The second kappa shape index (κ2) is 8.39. The molecule has 0 amide bonds. The Kier molecular flexibility index (Phi) is 5.94. The summed E-state index contributed by atoms with van der Waals surface area (Å²) in [6.45, 7) is 0. The van der Waals surface area contributed by atoms with Gasteiger partial charge in [0.15, 0.2) is 5.69 Å². The minimum Gasteiger partial charge on any atom is -0.278 e. The molecule has 0 fully saturated rings. The lowest BCUT2D eigenvalue weighted by Crippen LogP contribution is -2.32. The van der Waals surface area contributed by atoms with Gasteiger partial charge in [-0.2, -0.15) is 9.77 Å². The van der Waals surface area contributed by atoms with Crippen molar-refractivity contribution in [3.8, 4) is 0 Å². The molecule has 0 radical (unpaired) electrons. The Morgan fingerprint density at radius 3 is 2.64 bits per heavy atom. The number of aliphatic imine (C=N–C) groups is 1. The van der Waals surface area contributed by atoms with Crippen LogP contribution in [0.3, 0.4) is 0 Å². The number of nitrogens with two attached hydrogens (primary N) is 1. The Hall–Kier alpha value is -2.93. The highest BCUT2D eigenvalue weighted by Crippen LogP contribution is 2.14. The van der Waals surface area contributed by atoms with Crippen molar-refractivity contribution >= 4 is 57.8 Å². The van der Waals surface area contributed by atoms with Gasteiger partial charge in [-0.15, -0.1) is 11.3 Å². The van der Waals surface area contributed by atoms with E-state index in [1.807, 2.05) is 17.5 Å². The summed E-state index contributed by atoms with van der Waals surface area (Å²) >= 11 is 6.60. The lowest BCUT2D eigenvalue weighted by atomic mass is 10.3. The topological polar surface area (TPSA) is 135 Å². The van der Waals surface area contributed by atoms with Crippen molar-refractivity contribution in [1.82, 2.24) is 14.9 Å². The van der Waals surface area contributed by atoms with Crippen molar-refractivity contribution in [2.45, 2.75) is 4.90 Å². The van der Waals surface area contributed by atoms with Crippen LogP contribution < -0.4 is 16.1 Å². The number of hydrogen-bond donors (Lipinski definition) is 3. The molecule has 0 atom stereocenters. The number of benzene rings is 1. The lowest BCUT2D eigenvalue weighted by Gasteiger charge is -2.05. The first kappa shape index (κ1) is 19.8. The van der Waals surface area contributed by atoms with Crippen molar-refractivity contribution in [2.24, 2.45) is 10.1 Å². The van der Waals surface area contributed by atoms with Crippen LogP contribution in [0.2, 0.25) is 0 Å². The minimum atomic E-state index is -3.76. The Balaban J connectivity index is 1.78. The molecule has 1 aromatic carbocycles. The second-order valence-corrected chi connectivity index (χ2v) is 8.26. The van der Waals surface area contributed by atoms with Gasteiger partial charge in [-0.25, -0.2) is 18.5 Å².